The summed E-state index contributed by atoms with van der Waals surface area (Å²) in [7, 11) is 3.49. The van der Waals surface area contributed by atoms with E-state index in [2.05, 4.69) is 0 Å². The van der Waals surface area contributed by atoms with Gasteiger partial charge < -0.3 is 15.4 Å². The molecule has 0 aliphatic heterocycles. The smallest absolute Gasteiger partial charge is 0.225 e. The zero-order chi connectivity index (χ0) is 11.3. The summed E-state index contributed by atoms with van der Waals surface area (Å²) in [6, 6.07) is 0. The van der Waals surface area contributed by atoms with Crippen LogP contribution in [0.15, 0.2) is 0 Å². The first-order valence-corrected chi connectivity index (χ1v) is 5.64. The Morgan fingerprint density at radius 2 is 2.27 bits per heavy atom. The minimum absolute atomic E-state index is 0.150. The number of carbonyl (C=O) groups excluding carboxylic acids is 1. The van der Waals surface area contributed by atoms with Crippen LogP contribution in [0.5, 0.6) is 0 Å². The Morgan fingerprint density at radius 1 is 1.53 bits per heavy atom. The molecule has 0 aromatic heterocycles. The third-order valence-corrected chi connectivity index (χ3v) is 3.29. The minimum Gasteiger partial charge on any atom is -0.383 e. The summed E-state index contributed by atoms with van der Waals surface area (Å²) in [5.41, 5.74) is 5.67. The molecule has 0 aromatic rings. The van der Waals surface area contributed by atoms with E-state index >= 15 is 0 Å². The molecule has 2 atom stereocenters. The molecule has 0 aromatic carbocycles. The quantitative estimate of drug-likeness (QED) is 0.723. The Labute approximate surface area is 91.8 Å². The average Bonchev–Trinajstić information content (AvgIpc) is 2.72. The molecule has 0 saturated heterocycles. The van der Waals surface area contributed by atoms with Gasteiger partial charge in [0.2, 0.25) is 5.91 Å². The zero-order valence-electron chi connectivity index (χ0n) is 9.74. The molecule has 1 fully saturated rings. The number of methoxy groups -OCH3 is 1. The van der Waals surface area contributed by atoms with E-state index in [4.69, 9.17) is 10.5 Å². The third kappa shape index (κ3) is 3.18. The molecule has 1 rings (SSSR count). The number of hydrogen-bond acceptors (Lipinski definition) is 3. The molecule has 1 aliphatic rings. The van der Waals surface area contributed by atoms with Gasteiger partial charge in [0.25, 0.3) is 0 Å². The van der Waals surface area contributed by atoms with Crippen LogP contribution in [0.25, 0.3) is 0 Å². The van der Waals surface area contributed by atoms with Gasteiger partial charge in [-0.1, -0.05) is 6.42 Å². The molecule has 1 saturated carbocycles. The Balaban J connectivity index is 2.44. The van der Waals surface area contributed by atoms with E-state index in [9.17, 15) is 4.79 Å². The standard InChI is InChI=1S/C11H22N2O2/c1-13(6-7-15-2)11(14)10-5-3-4-9(10)8-12/h9-10H,3-8,12H2,1-2H3. The first kappa shape index (κ1) is 12.5. The lowest BCUT2D eigenvalue weighted by molar-refractivity contribution is -0.135. The van der Waals surface area contributed by atoms with Crippen LogP contribution in [0, 0.1) is 11.8 Å². The minimum atomic E-state index is 0.150. The van der Waals surface area contributed by atoms with E-state index in [1.54, 1.807) is 12.0 Å². The van der Waals surface area contributed by atoms with E-state index in [0.29, 0.717) is 25.6 Å². The molecule has 0 spiro atoms. The second-order valence-corrected chi connectivity index (χ2v) is 4.29. The highest BCUT2D eigenvalue weighted by atomic mass is 16.5. The number of ether oxygens (including phenoxy) is 1. The lowest BCUT2D eigenvalue weighted by Gasteiger charge is -2.24. The molecule has 15 heavy (non-hydrogen) atoms. The molecule has 2 unspecified atom stereocenters. The van der Waals surface area contributed by atoms with Crippen molar-refractivity contribution < 1.29 is 9.53 Å². The maximum absolute atomic E-state index is 12.0. The Morgan fingerprint density at radius 3 is 2.87 bits per heavy atom. The van der Waals surface area contributed by atoms with Gasteiger partial charge in [0.1, 0.15) is 0 Å². The molecule has 88 valence electrons. The molecule has 0 bridgehead atoms. The molecule has 2 N–H and O–H groups in total. The highest BCUT2D eigenvalue weighted by molar-refractivity contribution is 5.79. The van der Waals surface area contributed by atoms with Gasteiger partial charge in [-0.05, 0) is 25.3 Å². The van der Waals surface area contributed by atoms with Crippen molar-refractivity contribution in [2.24, 2.45) is 17.6 Å². The van der Waals surface area contributed by atoms with Gasteiger partial charge in [-0.3, -0.25) is 4.79 Å². The molecule has 1 aliphatic carbocycles. The van der Waals surface area contributed by atoms with Crippen molar-refractivity contribution in [3.8, 4) is 0 Å². The van der Waals surface area contributed by atoms with E-state index < -0.39 is 0 Å². The molecular formula is C11H22N2O2. The van der Waals surface area contributed by atoms with Crippen molar-refractivity contribution in [3.05, 3.63) is 0 Å². The van der Waals surface area contributed by atoms with Crippen molar-refractivity contribution in [1.82, 2.24) is 4.90 Å². The third-order valence-electron chi connectivity index (χ3n) is 3.29. The fraction of sp³-hybridized carbons (Fsp3) is 0.909. The Hall–Kier alpha value is -0.610. The molecule has 1 amide bonds. The summed E-state index contributed by atoms with van der Waals surface area (Å²) < 4.78 is 4.96. The van der Waals surface area contributed by atoms with E-state index in [1.807, 2.05) is 7.05 Å². The summed E-state index contributed by atoms with van der Waals surface area (Å²) in [5.74, 6) is 0.777. The number of likely N-dealkylation sites (N-methyl/N-ethyl adjacent to an activating group) is 1. The Bertz CT molecular complexity index is 209. The highest BCUT2D eigenvalue weighted by Crippen LogP contribution is 2.32. The summed E-state index contributed by atoms with van der Waals surface area (Å²) in [4.78, 5) is 13.8. The second kappa shape index (κ2) is 6.08. The maximum atomic E-state index is 12.0. The predicted molar refractivity (Wildman–Crippen MR) is 59.4 cm³/mol. The van der Waals surface area contributed by atoms with Gasteiger partial charge in [-0.25, -0.2) is 0 Å². The molecule has 0 radical (unpaired) electrons. The lowest BCUT2D eigenvalue weighted by Crippen LogP contribution is -2.38. The fourth-order valence-electron chi connectivity index (χ4n) is 2.27. The zero-order valence-corrected chi connectivity index (χ0v) is 9.74. The van der Waals surface area contributed by atoms with Gasteiger partial charge >= 0.3 is 0 Å². The van der Waals surface area contributed by atoms with E-state index in [0.717, 1.165) is 19.3 Å². The van der Waals surface area contributed by atoms with Crippen molar-refractivity contribution >= 4 is 5.91 Å². The number of rotatable bonds is 5. The van der Waals surface area contributed by atoms with Crippen LogP contribution in [-0.4, -0.2) is 44.7 Å². The first-order chi connectivity index (χ1) is 7.20. The van der Waals surface area contributed by atoms with Crippen molar-refractivity contribution in [2.75, 3.05) is 33.9 Å². The second-order valence-electron chi connectivity index (χ2n) is 4.29. The molecule has 4 heteroatoms. The summed E-state index contributed by atoms with van der Waals surface area (Å²) in [5, 5.41) is 0. The van der Waals surface area contributed by atoms with Gasteiger partial charge in [-0.2, -0.15) is 0 Å². The first-order valence-electron chi connectivity index (χ1n) is 5.64. The summed E-state index contributed by atoms with van der Waals surface area (Å²) in [6.07, 6.45) is 3.24. The number of nitrogens with two attached hydrogens (primary N) is 1. The number of amides is 1. The van der Waals surface area contributed by atoms with Crippen LogP contribution in [-0.2, 0) is 9.53 Å². The largest absolute Gasteiger partial charge is 0.383 e. The fourth-order valence-corrected chi connectivity index (χ4v) is 2.27. The topological polar surface area (TPSA) is 55.6 Å². The summed E-state index contributed by atoms with van der Waals surface area (Å²) >= 11 is 0. The van der Waals surface area contributed by atoms with E-state index in [1.165, 1.54) is 0 Å². The number of nitrogens with zero attached hydrogens (tertiary/aromatic N) is 1. The maximum Gasteiger partial charge on any atom is 0.225 e. The van der Waals surface area contributed by atoms with Crippen LogP contribution in [0.1, 0.15) is 19.3 Å². The molecule has 4 nitrogen and oxygen atoms in total. The van der Waals surface area contributed by atoms with E-state index in [-0.39, 0.29) is 11.8 Å². The number of carbonyl (C=O) groups is 1. The van der Waals surface area contributed by atoms with Crippen molar-refractivity contribution in [1.29, 1.82) is 0 Å². The predicted octanol–water partition coefficient (Wildman–Crippen LogP) is 0.466. The van der Waals surface area contributed by atoms with Gasteiger partial charge in [0.05, 0.1) is 6.61 Å². The average molecular weight is 214 g/mol. The van der Waals surface area contributed by atoms with Gasteiger partial charge in [0.15, 0.2) is 0 Å². The van der Waals surface area contributed by atoms with Crippen LogP contribution in [0.4, 0.5) is 0 Å². The molecule has 0 heterocycles. The summed E-state index contributed by atoms with van der Waals surface area (Å²) in [6.45, 7) is 1.90. The van der Waals surface area contributed by atoms with Crippen LogP contribution < -0.4 is 5.73 Å². The van der Waals surface area contributed by atoms with Crippen molar-refractivity contribution in [3.63, 3.8) is 0 Å². The monoisotopic (exact) mass is 214 g/mol. The van der Waals surface area contributed by atoms with Crippen LogP contribution in [0.2, 0.25) is 0 Å². The van der Waals surface area contributed by atoms with Gasteiger partial charge in [-0.15, -0.1) is 0 Å². The Kier molecular flexibility index (Phi) is 5.05. The number of hydrogen-bond donors (Lipinski definition) is 1. The van der Waals surface area contributed by atoms with Crippen LogP contribution in [0.3, 0.4) is 0 Å². The van der Waals surface area contributed by atoms with Gasteiger partial charge in [0, 0.05) is 26.6 Å². The van der Waals surface area contributed by atoms with Crippen molar-refractivity contribution in [2.45, 2.75) is 19.3 Å². The highest BCUT2D eigenvalue weighted by Gasteiger charge is 2.33. The normalized spacial score (nSPS) is 25.5. The van der Waals surface area contributed by atoms with Crippen LogP contribution >= 0.6 is 0 Å². The SMILES string of the molecule is COCCN(C)C(=O)C1CCCC1CN. The lowest BCUT2D eigenvalue weighted by atomic mass is 9.95. The molecular weight excluding hydrogens is 192 g/mol.